The highest BCUT2D eigenvalue weighted by Crippen LogP contribution is 2.28. The predicted molar refractivity (Wildman–Crippen MR) is 78.1 cm³/mol. The fraction of sp³-hybridized carbons (Fsp3) is 0.571. The van der Waals surface area contributed by atoms with E-state index >= 15 is 0 Å². The number of sulfone groups is 1. The summed E-state index contributed by atoms with van der Waals surface area (Å²) in [6, 6.07) is 7.48. The molecule has 0 bridgehead atoms. The van der Waals surface area contributed by atoms with Crippen LogP contribution >= 0.6 is 0 Å². The molecule has 1 aromatic rings. The van der Waals surface area contributed by atoms with E-state index in [0.717, 1.165) is 25.1 Å². The molecule has 5 heteroatoms. The molecule has 1 aliphatic rings. The molecule has 1 saturated heterocycles. The average molecular weight is 282 g/mol. The Labute approximate surface area is 115 Å². The molecule has 1 aliphatic heterocycles. The SMILES string of the molecule is CC1CCN(c2ccc(S(C)(=O)=O)cc2)C(CN)C1. The monoisotopic (exact) mass is 282 g/mol. The lowest BCUT2D eigenvalue weighted by Crippen LogP contribution is -2.46. The third-order valence-electron chi connectivity index (χ3n) is 3.85. The number of rotatable bonds is 3. The van der Waals surface area contributed by atoms with Gasteiger partial charge in [0.15, 0.2) is 9.84 Å². The zero-order valence-corrected chi connectivity index (χ0v) is 12.4. The summed E-state index contributed by atoms with van der Waals surface area (Å²) < 4.78 is 22.9. The Morgan fingerprint density at radius 3 is 2.47 bits per heavy atom. The van der Waals surface area contributed by atoms with Crippen molar-refractivity contribution in [3.63, 3.8) is 0 Å². The summed E-state index contributed by atoms with van der Waals surface area (Å²) in [7, 11) is -3.12. The number of anilines is 1. The van der Waals surface area contributed by atoms with E-state index in [2.05, 4.69) is 11.8 Å². The molecule has 2 rings (SSSR count). The molecule has 0 spiro atoms. The summed E-state index contributed by atoms with van der Waals surface area (Å²) in [6.45, 7) is 3.88. The molecule has 0 radical (unpaired) electrons. The van der Waals surface area contributed by atoms with Crippen LogP contribution in [0.4, 0.5) is 5.69 Å². The minimum absolute atomic E-state index is 0.354. The standard InChI is InChI=1S/C14H22N2O2S/c1-11-7-8-16(13(9-11)10-15)12-3-5-14(6-4-12)19(2,17)18/h3-6,11,13H,7-10,15H2,1-2H3. The Bertz CT molecular complexity index is 525. The van der Waals surface area contributed by atoms with E-state index in [-0.39, 0.29) is 0 Å². The molecule has 0 aliphatic carbocycles. The van der Waals surface area contributed by atoms with Gasteiger partial charge in [-0.1, -0.05) is 6.92 Å². The van der Waals surface area contributed by atoms with Crippen LogP contribution in [0.15, 0.2) is 29.2 Å². The van der Waals surface area contributed by atoms with Gasteiger partial charge in [0, 0.05) is 31.1 Å². The largest absolute Gasteiger partial charge is 0.367 e. The van der Waals surface area contributed by atoms with Crippen LogP contribution in [0.2, 0.25) is 0 Å². The number of piperidine rings is 1. The Balaban J connectivity index is 2.22. The van der Waals surface area contributed by atoms with E-state index in [1.165, 1.54) is 6.26 Å². The lowest BCUT2D eigenvalue weighted by Gasteiger charge is -2.39. The van der Waals surface area contributed by atoms with E-state index in [4.69, 9.17) is 5.73 Å². The summed E-state index contributed by atoms with van der Waals surface area (Å²) in [5.74, 6) is 0.708. The van der Waals surface area contributed by atoms with Gasteiger partial charge >= 0.3 is 0 Å². The van der Waals surface area contributed by atoms with Crippen LogP contribution in [0.25, 0.3) is 0 Å². The summed E-state index contributed by atoms with van der Waals surface area (Å²) in [4.78, 5) is 2.66. The smallest absolute Gasteiger partial charge is 0.175 e. The fourth-order valence-electron chi connectivity index (χ4n) is 2.70. The second-order valence-corrected chi connectivity index (χ2v) is 7.49. The molecule has 0 aromatic heterocycles. The first kappa shape index (κ1) is 14.3. The van der Waals surface area contributed by atoms with Crippen molar-refractivity contribution in [1.82, 2.24) is 0 Å². The van der Waals surface area contributed by atoms with Gasteiger partial charge in [0.25, 0.3) is 0 Å². The molecule has 2 N–H and O–H groups in total. The van der Waals surface area contributed by atoms with Crippen LogP contribution in [0.3, 0.4) is 0 Å². The van der Waals surface area contributed by atoms with Gasteiger partial charge in [0.2, 0.25) is 0 Å². The van der Waals surface area contributed by atoms with Crippen molar-refractivity contribution in [1.29, 1.82) is 0 Å². The van der Waals surface area contributed by atoms with Crippen LogP contribution in [-0.4, -0.2) is 33.8 Å². The molecule has 0 saturated carbocycles. The molecule has 19 heavy (non-hydrogen) atoms. The van der Waals surface area contributed by atoms with E-state index in [1.807, 2.05) is 12.1 Å². The van der Waals surface area contributed by atoms with Crippen molar-refractivity contribution >= 4 is 15.5 Å². The summed E-state index contributed by atoms with van der Waals surface area (Å²) in [5.41, 5.74) is 6.92. The predicted octanol–water partition coefficient (Wildman–Crippen LogP) is 1.65. The zero-order valence-electron chi connectivity index (χ0n) is 11.5. The van der Waals surface area contributed by atoms with Crippen molar-refractivity contribution < 1.29 is 8.42 Å². The lowest BCUT2D eigenvalue weighted by atomic mass is 9.92. The topological polar surface area (TPSA) is 63.4 Å². The number of benzene rings is 1. The van der Waals surface area contributed by atoms with Crippen LogP contribution < -0.4 is 10.6 Å². The maximum absolute atomic E-state index is 11.5. The van der Waals surface area contributed by atoms with E-state index in [0.29, 0.717) is 23.4 Å². The molecule has 2 atom stereocenters. The van der Waals surface area contributed by atoms with Crippen molar-refractivity contribution in [2.45, 2.75) is 30.7 Å². The van der Waals surface area contributed by atoms with Crippen LogP contribution in [0.5, 0.6) is 0 Å². The first-order valence-corrected chi connectivity index (χ1v) is 8.58. The first-order chi connectivity index (χ1) is 8.91. The van der Waals surface area contributed by atoms with Gasteiger partial charge in [-0.25, -0.2) is 8.42 Å². The van der Waals surface area contributed by atoms with Crippen LogP contribution in [-0.2, 0) is 9.84 Å². The molecule has 1 aromatic carbocycles. The van der Waals surface area contributed by atoms with Gasteiger partial charge in [-0.15, -0.1) is 0 Å². The average Bonchev–Trinajstić information content (AvgIpc) is 2.37. The lowest BCUT2D eigenvalue weighted by molar-refractivity contribution is 0.367. The molecule has 4 nitrogen and oxygen atoms in total. The third kappa shape index (κ3) is 3.28. The summed E-state index contributed by atoms with van der Waals surface area (Å²) in [5, 5.41) is 0. The second-order valence-electron chi connectivity index (χ2n) is 5.48. The van der Waals surface area contributed by atoms with E-state index in [1.54, 1.807) is 12.1 Å². The van der Waals surface area contributed by atoms with Crippen molar-refractivity contribution in [3.8, 4) is 0 Å². The van der Waals surface area contributed by atoms with Crippen molar-refractivity contribution in [2.75, 3.05) is 24.2 Å². The summed E-state index contributed by atoms with van der Waals surface area (Å²) in [6.07, 6.45) is 3.49. The fourth-order valence-corrected chi connectivity index (χ4v) is 3.33. The Morgan fingerprint density at radius 1 is 1.32 bits per heavy atom. The minimum atomic E-state index is -3.12. The highest BCUT2D eigenvalue weighted by molar-refractivity contribution is 7.90. The van der Waals surface area contributed by atoms with E-state index in [9.17, 15) is 8.42 Å². The van der Waals surface area contributed by atoms with Crippen molar-refractivity contribution in [2.24, 2.45) is 11.7 Å². The Kier molecular flexibility index (Phi) is 4.16. The summed E-state index contributed by atoms with van der Waals surface area (Å²) >= 11 is 0. The number of hydrogen-bond acceptors (Lipinski definition) is 4. The van der Waals surface area contributed by atoms with Gasteiger partial charge < -0.3 is 10.6 Å². The highest BCUT2D eigenvalue weighted by atomic mass is 32.2. The second kappa shape index (κ2) is 5.51. The van der Waals surface area contributed by atoms with Gasteiger partial charge in [-0.3, -0.25) is 0 Å². The zero-order chi connectivity index (χ0) is 14.0. The molecule has 2 unspecified atom stereocenters. The molecular weight excluding hydrogens is 260 g/mol. The van der Waals surface area contributed by atoms with Crippen LogP contribution in [0, 0.1) is 5.92 Å². The number of hydrogen-bond donors (Lipinski definition) is 1. The van der Waals surface area contributed by atoms with Gasteiger partial charge in [0.1, 0.15) is 0 Å². The highest BCUT2D eigenvalue weighted by Gasteiger charge is 2.25. The minimum Gasteiger partial charge on any atom is -0.367 e. The Hall–Kier alpha value is -1.07. The van der Waals surface area contributed by atoms with Crippen molar-refractivity contribution in [3.05, 3.63) is 24.3 Å². The third-order valence-corrected chi connectivity index (χ3v) is 4.98. The quantitative estimate of drug-likeness (QED) is 0.915. The molecular formula is C14H22N2O2S. The molecule has 0 amide bonds. The maximum atomic E-state index is 11.5. The van der Waals surface area contributed by atoms with Crippen LogP contribution in [0.1, 0.15) is 19.8 Å². The van der Waals surface area contributed by atoms with E-state index < -0.39 is 9.84 Å². The van der Waals surface area contributed by atoms with Gasteiger partial charge in [-0.2, -0.15) is 0 Å². The maximum Gasteiger partial charge on any atom is 0.175 e. The van der Waals surface area contributed by atoms with Gasteiger partial charge in [-0.05, 0) is 43.0 Å². The molecule has 1 heterocycles. The number of nitrogens with zero attached hydrogens (tertiary/aromatic N) is 1. The molecule has 1 fully saturated rings. The normalized spacial score (nSPS) is 24.5. The van der Waals surface area contributed by atoms with Gasteiger partial charge in [0.05, 0.1) is 4.90 Å². The Morgan fingerprint density at radius 2 is 1.95 bits per heavy atom. The molecule has 106 valence electrons. The first-order valence-electron chi connectivity index (χ1n) is 6.68. The number of nitrogens with two attached hydrogens (primary N) is 1.